The molecule has 86 valence electrons. The Morgan fingerprint density at radius 3 is 3.00 bits per heavy atom. The first-order valence-corrected chi connectivity index (χ1v) is 5.49. The number of nitrogens with one attached hydrogen (secondary N) is 2. The van der Waals surface area contributed by atoms with Crippen molar-refractivity contribution in [2.24, 2.45) is 0 Å². The lowest BCUT2D eigenvalue weighted by atomic mass is 10.2. The van der Waals surface area contributed by atoms with Crippen LogP contribution < -0.4 is 10.6 Å². The van der Waals surface area contributed by atoms with Gasteiger partial charge in [0.05, 0.1) is 6.04 Å². The van der Waals surface area contributed by atoms with E-state index in [0.717, 1.165) is 12.0 Å². The summed E-state index contributed by atoms with van der Waals surface area (Å²) >= 11 is 5.87. The molecule has 1 amide bonds. The lowest BCUT2D eigenvalue weighted by Gasteiger charge is -2.10. The molecule has 1 aliphatic rings. The van der Waals surface area contributed by atoms with Crippen molar-refractivity contribution in [2.75, 3.05) is 6.54 Å². The number of carbonyl (C=O) groups excluding carboxylic acids is 1. The molecule has 0 aromatic heterocycles. The van der Waals surface area contributed by atoms with Gasteiger partial charge in [-0.25, -0.2) is 4.39 Å². The third kappa shape index (κ3) is 2.51. The second-order valence-electron chi connectivity index (χ2n) is 3.75. The van der Waals surface area contributed by atoms with Gasteiger partial charge in [-0.15, -0.1) is 0 Å². The monoisotopic (exact) mass is 242 g/mol. The highest BCUT2D eigenvalue weighted by molar-refractivity contribution is 6.31. The van der Waals surface area contributed by atoms with Crippen LogP contribution >= 0.6 is 11.6 Å². The topological polar surface area (TPSA) is 41.1 Å². The van der Waals surface area contributed by atoms with Crippen LogP contribution in [0.2, 0.25) is 5.02 Å². The zero-order valence-electron chi connectivity index (χ0n) is 8.59. The first-order valence-electron chi connectivity index (χ1n) is 5.12. The highest BCUT2D eigenvalue weighted by Gasteiger charge is 2.23. The Morgan fingerprint density at radius 2 is 2.38 bits per heavy atom. The summed E-state index contributed by atoms with van der Waals surface area (Å²) in [6.07, 6.45) is 0.775. The molecule has 1 fully saturated rings. The van der Waals surface area contributed by atoms with Crippen molar-refractivity contribution in [3.05, 3.63) is 34.6 Å². The zero-order chi connectivity index (χ0) is 11.5. The number of hydrogen-bond donors (Lipinski definition) is 2. The van der Waals surface area contributed by atoms with Gasteiger partial charge in [0.15, 0.2) is 0 Å². The third-order valence-electron chi connectivity index (χ3n) is 2.60. The Hall–Kier alpha value is -1.13. The van der Waals surface area contributed by atoms with Gasteiger partial charge in [0, 0.05) is 18.1 Å². The second-order valence-corrected chi connectivity index (χ2v) is 4.16. The SMILES string of the molecule is O=C1NCCC1NCc1ccc(F)cc1Cl. The van der Waals surface area contributed by atoms with E-state index >= 15 is 0 Å². The van der Waals surface area contributed by atoms with Gasteiger partial charge in [0.1, 0.15) is 5.82 Å². The summed E-state index contributed by atoms with van der Waals surface area (Å²) in [6.45, 7) is 1.17. The van der Waals surface area contributed by atoms with Crippen LogP contribution in [0.15, 0.2) is 18.2 Å². The molecule has 1 saturated heterocycles. The maximum atomic E-state index is 12.8. The molecule has 1 aliphatic heterocycles. The molecule has 0 aliphatic carbocycles. The minimum absolute atomic E-state index is 0.0123. The number of rotatable bonds is 3. The summed E-state index contributed by atoms with van der Waals surface area (Å²) in [5.41, 5.74) is 0.794. The van der Waals surface area contributed by atoms with E-state index in [4.69, 9.17) is 11.6 Å². The highest BCUT2D eigenvalue weighted by Crippen LogP contribution is 2.17. The molecule has 0 saturated carbocycles. The van der Waals surface area contributed by atoms with Crippen LogP contribution in [0.1, 0.15) is 12.0 Å². The average Bonchev–Trinajstić information content (AvgIpc) is 2.63. The van der Waals surface area contributed by atoms with Crippen LogP contribution in [-0.2, 0) is 11.3 Å². The van der Waals surface area contributed by atoms with Gasteiger partial charge >= 0.3 is 0 Å². The molecule has 0 radical (unpaired) electrons. The molecule has 1 unspecified atom stereocenters. The lowest BCUT2D eigenvalue weighted by molar-refractivity contribution is -0.120. The molecule has 1 aromatic rings. The van der Waals surface area contributed by atoms with E-state index in [0.29, 0.717) is 18.1 Å². The Kier molecular flexibility index (Phi) is 3.41. The summed E-state index contributed by atoms with van der Waals surface area (Å²) in [5, 5.41) is 6.20. The minimum atomic E-state index is -0.354. The smallest absolute Gasteiger partial charge is 0.237 e. The molecule has 16 heavy (non-hydrogen) atoms. The summed E-state index contributed by atoms with van der Waals surface area (Å²) < 4.78 is 12.8. The molecule has 0 spiro atoms. The van der Waals surface area contributed by atoms with Gasteiger partial charge in [0.2, 0.25) is 5.91 Å². The summed E-state index contributed by atoms with van der Waals surface area (Å²) in [6, 6.07) is 4.09. The number of amides is 1. The van der Waals surface area contributed by atoms with Crippen molar-refractivity contribution in [1.29, 1.82) is 0 Å². The predicted octanol–water partition coefficient (Wildman–Crippen LogP) is 1.46. The van der Waals surface area contributed by atoms with Crippen molar-refractivity contribution >= 4 is 17.5 Å². The molecule has 1 atom stereocenters. The Bertz CT molecular complexity index is 411. The van der Waals surface area contributed by atoms with Crippen molar-refractivity contribution in [3.63, 3.8) is 0 Å². The van der Waals surface area contributed by atoms with Gasteiger partial charge in [0.25, 0.3) is 0 Å². The van der Waals surface area contributed by atoms with Crippen LogP contribution in [0.5, 0.6) is 0 Å². The van der Waals surface area contributed by atoms with Gasteiger partial charge < -0.3 is 10.6 Å². The number of halogens is 2. The van der Waals surface area contributed by atoms with E-state index < -0.39 is 0 Å². The summed E-state index contributed by atoms with van der Waals surface area (Å²) in [4.78, 5) is 11.3. The summed E-state index contributed by atoms with van der Waals surface area (Å²) in [5.74, 6) is -0.342. The van der Waals surface area contributed by atoms with Crippen LogP contribution in [-0.4, -0.2) is 18.5 Å². The van der Waals surface area contributed by atoms with Crippen LogP contribution in [0, 0.1) is 5.82 Å². The molecule has 3 nitrogen and oxygen atoms in total. The van der Waals surface area contributed by atoms with Gasteiger partial charge in [-0.3, -0.25) is 4.79 Å². The second kappa shape index (κ2) is 4.80. The van der Waals surface area contributed by atoms with E-state index in [1.54, 1.807) is 6.07 Å². The fourth-order valence-corrected chi connectivity index (χ4v) is 1.92. The molecule has 2 rings (SSSR count). The fourth-order valence-electron chi connectivity index (χ4n) is 1.69. The molecular formula is C11H12ClFN2O. The molecular weight excluding hydrogens is 231 g/mol. The molecule has 1 heterocycles. The normalized spacial score (nSPS) is 19.9. The van der Waals surface area contributed by atoms with E-state index in [2.05, 4.69) is 10.6 Å². The summed E-state index contributed by atoms with van der Waals surface area (Å²) in [7, 11) is 0. The predicted molar refractivity (Wildman–Crippen MR) is 59.7 cm³/mol. The molecule has 0 bridgehead atoms. The largest absolute Gasteiger partial charge is 0.355 e. The standard InChI is InChI=1S/C11H12ClFN2O/c12-9-5-8(13)2-1-7(9)6-15-10-3-4-14-11(10)16/h1-2,5,10,15H,3-4,6H2,(H,14,16). The van der Waals surface area contributed by atoms with E-state index in [-0.39, 0.29) is 17.8 Å². The number of carbonyl (C=O) groups is 1. The quantitative estimate of drug-likeness (QED) is 0.843. The number of benzene rings is 1. The lowest BCUT2D eigenvalue weighted by Crippen LogP contribution is -2.35. The molecule has 1 aromatic carbocycles. The average molecular weight is 243 g/mol. The first-order chi connectivity index (χ1) is 7.66. The minimum Gasteiger partial charge on any atom is -0.355 e. The Balaban J connectivity index is 1.96. The number of hydrogen-bond acceptors (Lipinski definition) is 2. The van der Waals surface area contributed by atoms with Crippen LogP contribution in [0.4, 0.5) is 4.39 Å². The van der Waals surface area contributed by atoms with Crippen molar-refractivity contribution in [2.45, 2.75) is 19.0 Å². The maximum Gasteiger partial charge on any atom is 0.237 e. The Labute approximate surface area is 98.0 Å². The zero-order valence-corrected chi connectivity index (χ0v) is 9.35. The van der Waals surface area contributed by atoms with E-state index in [1.807, 2.05) is 0 Å². The fraction of sp³-hybridized carbons (Fsp3) is 0.364. The van der Waals surface area contributed by atoms with Crippen LogP contribution in [0.3, 0.4) is 0 Å². The van der Waals surface area contributed by atoms with Gasteiger partial charge in [-0.05, 0) is 24.1 Å². The van der Waals surface area contributed by atoms with Crippen LogP contribution in [0.25, 0.3) is 0 Å². The third-order valence-corrected chi connectivity index (χ3v) is 2.95. The van der Waals surface area contributed by atoms with E-state index in [9.17, 15) is 9.18 Å². The molecule has 2 N–H and O–H groups in total. The van der Waals surface area contributed by atoms with Crippen molar-refractivity contribution < 1.29 is 9.18 Å². The molecule has 5 heteroatoms. The van der Waals surface area contributed by atoms with Crippen molar-refractivity contribution in [3.8, 4) is 0 Å². The highest BCUT2D eigenvalue weighted by atomic mass is 35.5. The first kappa shape index (κ1) is 11.4. The van der Waals surface area contributed by atoms with E-state index in [1.165, 1.54) is 12.1 Å². The van der Waals surface area contributed by atoms with Gasteiger partial charge in [-0.1, -0.05) is 17.7 Å². The Morgan fingerprint density at radius 1 is 1.56 bits per heavy atom. The van der Waals surface area contributed by atoms with Crippen molar-refractivity contribution in [1.82, 2.24) is 10.6 Å². The maximum absolute atomic E-state index is 12.8. The van der Waals surface area contributed by atoms with Gasteiger partial charge in [-0.2, -0.15) is 0 Å².